The van der Waals surface area contributed by atoms with Crippen molar-refractivity contribution in [3.63, 3.8) is 0 Å². The van der Waals surface area contributed by atoms with Crippen molar-refractivity contribution >= 4 is 29.1 Å². The van der Waals surface area contributed by atoms with Crippen molar-refractivity contribution in [3.8, 4) is 0 Å². The predicted octanol–water partition coefficient (Wildman–Crippen LogP) is 3.35. The van der Waals surface area contributed by atoms with E-state index in [4.69, 9.17) is 0 Å². The molecular weight excluding hydrogens is 413 g/mol. The Morgan fingerprint density at radius 1 is 0.688 bits per heavy atom. The lowest BCUT2D eigenvalue weighted by Gasteiger charge is -2.28. The fourth-order valence-electron chi connectivity index (χ4n) is 3.88. The number of carbonyl (C=O) groups is 1. The van der Waals surface area contributed by atoms with Crippen LogP contribution in [0.4, 0.5) is 0 Å². The van der Waals surface area contributed by atoms with Crippen LogP contribution in [0.1, 0.15) is 10.4 Å². The third kappa shape index (κ3) is 4.94. The summed E-state index contributed by atoms with van der Waals surface area (Å²) < 4.78 is 0. The number of carbonyl (C=O) groups excluding carboxylic acids is 1. The zero-order valence-corrected chi connectivity index (χ0v) is 18.8. The molecule has 0 aliphatic rings. The van der Waals surface area contributed by atoms with Gasteiger partial charge in [-0.1, -0.05) is 54.6 Å². The first-order valence-corrected chi connectivity index (χ1v) is 12.7. The van der Waals surface area contributed by atoms with E-state index < -0.39 is 7.26 Å². The number of pyridine rings is 1. The topological polar surface area (TPSA) is 54.0 Å². The van der Waals surface area contributed by atoms with Crippen LogP contribution in [-0.4, -0.2) is 30.3 Å². The van der Waals surface area contributed by atoms with E-state index in [1.807, 2.05) is 0 Å². The molecule has 0 saturated heterocycles. The molecule has 1 amide bonds. The van der Waals surface area contributed by atoms with Gasteiger partial charge in [0.1, 0.15) is 29.5 Å². The minimum Gasteiger partial charge on any atom is -0.351 e. The second-order valence-corrected chi connectivity index (χ2v) is 11.0. The summed E-state index contributed by atoms with van der Waals surface area (Å²) in [4.78, 5) is 16.3. The number of aromatic nitrogens is 1. The number of nitrogens with one attached hydrogen (secondary N) is 2. The van der Waals surface area contributed by atoms with Crippen LogP contribution in [0, 0.1) is 0 Å². The third-order valence-electron chi connectivity index (χ3n) is 5.45. The highest BCUT2D eigenvalue weighted by Gasteiger charge is 2.44. The van der Waals surface area contributed by atoms with Crippen LogP contribution in [0.3, 0.4) is 0 Å². The van der Waals surface area contributed by atoms with Crippen LogP contribution in [0.2, 0.25) is 0 Å². The molecule has 32 heavy (non-hydrogen) atoms. The van der Waals surface area contributed by atoms with Crippen LogP contribution in [-0.2, 0) is 0 Å². The van der Waals surface area contributed by atoms with E-state index in [1.54, 1.807) is 24.5 Å². The summed E-state index contributed by atoms with van der Waals surface area (Å²) >= 11 is 0. The fourth-order valence-corrected chi connectivity index (χ4v) is 7.86. The SMILES string of the molecule is O=C(NCCNC[P+](c1ccccc1)(c1ccccc1)c1ccccc1)c1cccnc1. The maximum absolute atomic E-state index is 12.3. The molecule has 5 heteroatoms. The first kappa shape index (κ1) is 21.9. The summed E-state index contributed by atoms with van der Waals surface area (Å²) in [5.41, 5.74) is 0.576. The summed E-state index contributed by atoms with van der Waals surface area (Å²) in [6.07, 6.45) is 4.06. The summed E-state index contributed by atoms with van der Waals surface area (Å²) in [6.45, 7) is 1.23. The van der Waals surface area contributed by atoms with Crippen LogP contribution in [0.5, 0.6) is 0 Å². The Bertz CT molecular complexity index is 1010. The second kappa shape index (κ2) is 10.8. The number of hydrogen-bond donors (Lipinski definition) is 2. The van der Waals surface area contributed by atoms with Gasteiger partial charge in [0.2, 0.25) is 0 Å². The zero-order valence-electron chi connectivity index (χ0n) is 17.9. The smallest absolute Gasteiger partial charge is 0.252 e. The molecular formula is C27H27N3OP+. The highest BCUT2D eigenvalue weighted by Crippen LogP contribution is 2.54. The standard InChI is InChI=1S/C27H26N3OP/c31-27(23-11-10-18-28-21-23)30-20-19-29-22-32(24-12-4-1-5-13-24,25-14-6-2-7-15-25)26-16-8-3-9-17-26/h1-18,21,29H,19-20,22H2/p+1. The minimum atomic E-state index is -1.91. The van der Waals surface area contributed by atoms with Crippen LogP contribution < -0.4 is 26.5 Å². The number of hydrogen-bond acceptors (Lipinski definition) is 3. The Labute approximate surface area is 190 Å². The molecule has 4 nitrogen and oxygen atoms in total. The number of benzene rings is 3. The molecule has 0 unspecified atom stereocenters. The molecule has 0 atom stereocenters. The van der Waals surface area contributed by atoms with Gasteiger partial charge in [-0.2, -0.15) is 0 Å². The van der Waals surface area contributed by atoms with Crippen molar-refractivity contribution in [1.29, 1.82) is 0 Å². The third-order valence-corrected chi connectivity index (χ3v) is 9.69. The molecule has 0 saturated carbocycles. The van der Waals surface area contributed by atoms with Crippen molar-refractivity contribution < 1.29 is 4.79 Å². The molecule has 2 N–H and O–H groups in total. The number of rotatable bonds is 9. The van der Waals surface area contributed by atoms with E-state index in [1.165, 1.54) is 15.9 Å². The highest BCUT2D eigenvalue weighted by atomic mass is 31.2. The van der Waals surface area contributed by atoms with Gasteiger partial charge < -0.3 is 5.32 Å². The molecule has 0 radical (unpaired) electrons. The normalized spacial score (nSPS) is 11.1. The summed E-state index contributed by atoms with van der Waals surface area (Å²) in [7, 11) is -1.91. The van der Waals surface area contributed by atoms with Gasteiger partial charge in [-0.3, -0.25) is 15.1 Å². The molecule has 1 aromatic heterocycles. The highest BCUT2D eigenvalue weighted by molar-refractivity contribution is 7.95. The molecule has 4 rings (SSSR count). The van der Waals surface area contributed by atoms with Crippen molar-refractivity contribution in [1.82, 2.24) is 15.6 Å². The van der Waals surface area contributed by atoms with E-state index in [-0.39, 0.29) is 5.91 Å². The van der Waals surface area contributed by atoms with Crippen molar-refractivity contribution in [3.05, 3.63) is 121 Å². The fraction of sp³-hybridized carbons (Fsp3) is 0.111. The van der Waals surface area contributed by atoms with E-state index in [0.29, 0.717) is 18.7 Å². The first-order chi connectivity index (χ1) is 15.8. The van der Waals surface area contributed by atoms with Gasteiger partial charge >= 0.3 is 0 Å². The van der Waals surface area contributed by atoms with Gasteiger partial charge in [0, 0.05) is 25.5 Å². The predicted molar refractivity (Wildman–Crippen MR) is 135 cm³/mol. The molecule has 0 bridgehead atoms. The van der Waals surface area contributed by atoms with Gasteiger partial charge in [-0.05, 0) is 48.5 Å². The summed E-state index contributed by atoms with van der Waals surface area (Å²) in [5, 5.41) is 10.6. The molecule has 0 fully saturated rings. The van der Waals surface area contributed by atoms with Crippen molar-refractivity contribution in [2.45, 2.75) is 0 Å². The molecule has 160 valence electrons. The number of amides is 1. The summed E-state index contributed by atoms with van der Waals surface area (Å²) in [5.74, 6) is -0.102. The Hall–Kier alpha value is -3.33. The largest absolute Gasteiger partial charge is 0.351 e. The lowest BCUT2D eigenvalue weighted by atomic mass is 10.3. The first-order valence-electron chi connectivity index (χ1n) is 10.7. The number of nitrogens with zero attached hydrogens (tertiary/aromatic N) is 1. The van der Waals surface area contributed by atoms with Gasteiger partial charge in [-0.25, -0.2) is 0 Å². The Kier molecular flexibility index (Phi) is 7.39. The van der Waals surface area contributed by atoms with E-state index >= 15 is 0 Å². The minimum absolute atomic E-state index is 0.102. The molecule has 1 heterocycles. The Morgan fingerprint density at radius 3 is 1.69 bits per heavy atom. The van der Waals surface area contributed by atoms with Crippen molar-refractivity contribution in [2.75, 3.05) is 19.4 Å². The Balaban J connectivity index is 1.55. The van der Waals surface area contributed by atoms with Gasteiger partial charge in [0.05, 0.1) is 5.56 Å². The quantitative estimate of drug-likeness (QED) is 0.310. The average Bonchev–Trinajstić information content (AvgIpc) is 2.88. The molecule has 3 aromatic carbocycles. The van der Waals surface area contributed by atoms with E-state index in [0.717, 1.165) is 6.29 Å². The molecule has 4 aromatic rings. The Morgan fingerprint density at radius 2 is 1.22 bits per heavy atom. The lowest BCUT2D eigenvalue weighted by Crippen LogP contribution is -2.40. The lowest BCUT2D eigenvalue weighted by molar-refractivity contribution is 0.0953. The molecule has 0 spiro atoms. The van der Waals surface area contributed by atoms with Gasteiger partial charge in [0.15, 0.2) is 0 Å². The molecule has 0 aliphatic heterocycles. The second-order valence-electron chi connectivity index (χ2n) is 7.47. The molecule has 0 aliphatic carbocycles. The van der Waals surface area contributed by atoms with Gasteiger partial charge in [0.25, 0.3) is 5.91 Å². The van der Waals surface area contributed by atoms with E-state index in [9.17, 15) is 4.79 Å². The van der Waals surface area contributed by atoms with Gasteiger partial charge in [-0.15, -0.1) is 0 Å². The zero-order chi connectivity index (χ0) is 22.1. The van der Waals surface area contributed by atoms with E-state index in [2.05, 4.69) is 107 Å². The maximum Gasteiger partial charge on any atom is 0.252 e. The van der Waals surface area contributed by atoms with Crippen LogP contribution in [0.25, 0.3) is 0 Å². The monoisotopic (exact) mass is 440 g/mol. The van der Waals surface area contributed by atoms with Crippen molar-refractivity contribution in [2.24, 2.45) is 0 Å². The van der Waals surface area contributed by atoms with Crippen LogP contribution >= 0.6 is 7.26 Å². The summed E-state index contributed by atoms with van der Waals surface area (Å²) in [6, 6.07) is 35.8. The maximum atomic E-state index is 12.3. The average molecular weight is 441 g/mol. The van der Waals surface area contributed by atoms with Crippen LogP contribution in [0.15, 0.2) is 116 Å².